The fourth-order valence-corrected chi connectivity index (χ4v) is 5.24. The fourth-order valence-electron chi connectivity index (χ4n) is 4.18. The highest BCUT2D eigenvalue weighted by Gasteiger charge is 2.33. The van der Waals surface area contributed by atoms with Crippen LogP contribution in [0.1, 0.15) is 17.0 Å². The van der Waals surface area contributed by atoms with Crippen LogP contribution < -0.4 is 5.56 Å². The van der Waals surface area contributed by atoms with Gasteiger partial charge in [-0.25, -0.2) is 4.98 Å². The first kappa shape index (κ1) is 23.5. The lowest BCUT2D eigenvalue weighted by atomic mass is 9.81. The minimum atomic E-state index is -1.07. The second-order valence-corrected chi connectivity index (χ2v) is 9.81. The molecule has 5 aromatic rings. The summed E-state index contributed by atoms with van der Waals surface area (Å²) >= 11 is 4.78. The number of aromatic nitrogens is 3. The van der Waals surface area contributed by atoms with Crippen molar-refractivity contribution in [1.82, 2.24) is 14.8 Å². The van der Waals surface area contributed by atoms with Crippen molar-refractivity contribution >= 4 is 27.3 Å². The average molecular weight is 552 g/mol. The molecule has 0 aliphatic carbocycles. The van der Waals surface area contributed by atoms with E-state index in [4.69, 9.17) is 4.98 Å². The minimum Gasteiger partial charge on any atom is -0.288 e. The first-order chi connectivity index (χ1) is 17.6. The molecule has 0 unspecified atom stereocenters. The van der Waals surface area contributed by atoms with E-state index in [-0.39, 0.29) is 5.56 Å². The van der Waals surface area contributed by atoms with Crippen molar-refractivity contribution in [2.45, 2.75) is 5.92 Å². The van der Waals surface area contributed by atoms with E-state index < -0.39 is 11.8 Å². The van der Waals surface area contributed by atoms with Gasteiger partial charge >= 0.3 is 0 Å². The molecule has 0 radical (unpaired) electrons. The van der Waals surface area contributed by atoms with Crippen LogP contribution in [0, 0.1) is 28.6 Å². The summed E-state index contributed by atoms with van der Waals surface area (Å²) in [5.74, 6) is -1.83. The molecular weight excluding hydrogens is 534 g/mol. The molecule has 1 N–H and O–H groups in total. The molecule has 2 aromatic heterocycles. The topological polar surface area (TPSA) is 98.3 Å². The smallest absolute Gasteiger partial charge is 0.277 e. The number of nitrogens with zero attached hydrogens (tertiary/aromatic N) is 4. The Bertz CT molecular complexity index is 1630. The van der Waals surface area contributed by atoms with Gasteiger partial charge in [-0.2, -0.15) is 15.2 Å². The van der Waals surface area contributed by atoms with Crippen LogP contribution in [0.5, 0.6) is 0 Å². The molecule has 0 aliphatic rings. The average Bonchev–Trinajstić information content (AvgIpc) is 3.54. The lowest BCUT2D eigenvalue weighted by molar-refractivity contribution is 0.703. The third-order valence-corrected chi connectivity index (χ3v) is 7.25. The normalized spacial score (nSPS) is 11.7. The molecule has 0 bridgehead atoms. The Morgan fingerprint density at radius 3 is 2.11 bits per heavy atom. The Hall–Kier alpha value is -4.24. The van der Waals surface area contributed by atoms with Crippen molar-refractivity contribution in [3.8, 4) is 39.8 Å². The summed E-state index contributed by atoms with van der Waals surface area (Å²) in [7, 11) is 0. The van der Waals surface area contributed by atoms with Crippen molar-refractivity contribution < 1.29 is 0 Å². The molecule has 0 aliphatic heterocycles. The number of hydrogen-bond donors (Lipinski definition) is 1. The van der Waals surface area contributed by atoms with Gasteiger partial charge in [0.1, 0.15) is 5.92 Å². The van der Waals surface area contributed by atoms with E-state index in [0.717, 1.165) is 21.3 Å². The molecule has 2 heterocycles. The van der Waals surface area contributed by atoms with E-state index in [1.54, 1.807) is 0 Å². The number of aromatic amines is 1. The summed E-state index contributed by atoms with van der Waals surface area (Å²) in [6, 6.07) is 30.7. The Morgan fingerprint density at radius 1 is 0.889 bits per heavy atom. The van der Waals surface area contributed by atoms with E-state index in [2.05, 4.69) is 33.2 Å². The Morgan fingerprint density at radius 2 is 1.50 bits per heavy atom. The van der Waals surface area contributed by atoms with E-state index in [0.29, 0.717) is 22.0 Å². The maximum atomic E-state index is 14.0. The molecule has 36 heavy (non-hydrogen) atoms. The summed E-state index contributed by atoms with van der Waals surface area (Å²) in [4.78, 5) is 18.7. The molecule has 3 aromatic carbocycles. The zero-order valence-corrected chi connectivity index (χ0v) is 21.2. The Balaban J connectivity index is 1.74. The van der Waals surface area contributed by atoms with E-state index in [1.807, 2.05) is 90.3 Å². The predicted molar refractivity (Wildman–Crippen MR) is 144 cm³/mol. The van der Waals surface area contributed by atoms with E-state index >= 15 is 0 Å². The highest BCUT2D eigenvalue weighted by molar-refractivity contribution is 9.10. The van der Waals surface area contributed by atoms with Crippen molar-refractivity contribution in [2.24, 2.45) is 5.92 Å². The van der Waals surface area contributed by atoms with Crippen LogP contribution in [0.15, 0.2) is 99.6 Å². The lowest BCUT2D eigenvalue weighted by Gasteiger charge is -2.18. The van der Waals surface area contributed by atoms with Crippen LogP contribution >= 0.6 is 27.3 Å². The van der Waals surface area contributed by atoms with Crippen LogP contribution in [0.4, 0.5) is 0 Å². The molecule has 1 atom stereocenters. The molecule has 5 rings (SSSR count). The van der Waals surface area contributed by atoms with Crippen LogP contribution in [0.2, 0.25) is 0 Å². The fraction of sp³-hybridized carbons (Fsp3) is 0.0714. The van der Waals surface area contributed by atoms with Crippen LogP contribution in [-0.2, 0) is 0 Å². The van der Waals surface area contributed by atoms with Crippen molar-refractivity contribution in [1.29, 1.82) is 10.5 Å². The largest absolute Gasteiger partial charge is 0.288 e. The third kappa shape index (κ3) is 4.40. The van der Waals surface area contributed by atoms with Gasteiger partial charge in [-0.3, -0.25) is 9.89 Å². The quantitative estimate of drug-likeness (QED) is 0.260. The standard InChI is InChI=1S/C28H18BrN5OS/c29-22-13-11-19(12-14-22)24(21(15-30)16-31)25-26(20-9-5-2-6-10-20)33-34(27(25)35)28-32-23(17-36-28)18-7-3-1-4-8-18/h1-14,17,21,24,33H/t24-/m1/s1. The number of H-pyrrole nitrogens is 1. The second-order valence-electron chi connectivity index (χ2n) is 8.05. The highest BCUT2D eigenvalue weighted by Crippen LogP contribution is 2.36. The highest BCUT2D eigenvalue weighted by atomic mass is 79.9. The summed E-state index contributed by atoms with van der Waals surface area (Å²) in [6.07, 6.45) is 0. The number of nitriles is 2. The van der Waals surface area contributed by atoms with Gasteiger partial charge in [-0.05, 0) is 23.3 Å². The molecule has 0 saturated heterocycles. The molecule has 0 saturated carbocycles. The maximum absolute atomic E-state index is 14.0. The van der Waals surface area contributed by atoms with E-state index in [9.17, 15) is 15.3 Å². The summed E-state index contributed by atoms with van der Waals surface area (Å²) < 4.78 is 2.27. The third-order valence-electron chi connectivity index (χ3n) is 5.89. The van der Waals surface area contributed by atoms with Gasteiger partial charge in [-0.1, -0.05) is 88.7 Å². The van der Waals surface area contributed by atoms with Gasteiger partial charge in [0.15, 0.2) is 0 Å². The number of rotatable bonds is 6. The second kappa shape index (κ2) is 10.2. The van der Waals surface area contributed by atoms with Crippen molar-refractivity contribution in [3.63, 3.8) is 0 Å². The Kier molecular flexibility index (Phi) is 6.64. The number of thiazole rings is 1. The van der Waals surface area contributed by atoms with Crippen LogP contribution in [0.3, 0.4) is 0 Å². The molecule has 0 amide bonds. The van der Waals surface area contributed by atoms with Gasteiger partial charge < -0.3 is 0 Å². The number of nitrogens with one attached hydrogen (secondary N) is 1. The first-order valence-corrected chi connectivity index (χ1v) is 12.7. The van der Waals surface area contributed by atoms with Crippen molar-refractivity contribution in [3.05, 3.63) is 116 Å². The van der Waals surface area contributed by atoms with Gasteiger partial charge in [0, 0.05) is 21.3 Å². The zero-order valence-electron chi connectivity index (χ0n) is 18.8. The van der Waals surface area contributed by atoms with Crippen LogP contribution in [-0.4, -0.2) is 14.8 Å². The molecular formula is C28H18BrN5OS. The van der Waals surface area contributed by atoms with Gasteiger partial charge in [0.2, 0.25) is 5.13 Å². The predicted octanol–water partition coefficient (Wildman–Crippen LogP) is 6.51. The number of halogens is 1. The summed E-state index contributed by atoms with van der Waals surface area (Å²) in [6.45, 7) is 0. The SMILES string of the molecule is N#CC(C#N)[C@@H](c1ccc(Br)cc1)c1c(-c2ccccc2)[nH]n(-c2nc(-c3ccccc3)cs2)c1=O. The van der Waals surface area contributed by atoms with Crippen molar-refractivity contribution in [2.75, 3.05) is 0 Å². The lowest BCUT2D eigenvalue weighted by Crippen LogP contribution is -2.23. The molecule has 0 fully saturated rings. The minimum absolute atomic E-state index is 0.341. The molecule has 8 heteroatoms. The van der Waals surface area contributed by atoms with Crippen LogP contribution in [0.25, 0.3) is 27.6 Å². The van der Waals surface area contributed by atoms with Gasteiger partial charge in [-0.15, -0.1) is 11.3 Å². The number of benzene rings is 3. The summed E-state index contributed by atoms with van der Waals surface area (Å²) in [5.41, 5.74) is 3.76. The van der Waals surface area contributed by atoms with Gasteiger partial charge in [0.05, 0.1) is 29.1 Å². The van der Waals surface area contributed by atoms with E-state index in [1.165, 1.54) is 16.0 Å². The Labute approximate surface area is 219 Å². The number of hydrogen-bond acceptors (Lipinski definition) is 5. The molecule has 174 valence electrons. The molecule has 0 spiro atoms. The zero-order chi connectivity index (χ0) is 25.1. The first-order valence-electron chi connectivity index (χ1n) is 11.1. The maximum Gasteiger partial charge on any atom is 0.277 e. The molecule has 6 nitrogen and oxygen atoms in total. The summed E-state index contributed by atoms with van der Waals surface area (Å²) in [5, 5.41) is 25.3. The van der Waals surface area contributed by atoms with Gasteiger partial charge in [0.25, 0.3) is 5.56 Å². The monoisotopic (exact) mass is 551 g/mol.